The summed E-state index contributed by atoms with van der Waals surface area (Å²) in [6, 6.07) is 6.09. The van der Waals surface area contributed by atoms with Crippen LogP contribution in [-0.4, -0.2) is 66.0 Å². The van der Waals surface area contributed by atoms with Gasteiger partial charge in [-0.3, -0.25) is 14.7 Å². The molecule has 2 saturated heterocycles. The molecule has 1 atom stereocenters. The second-order valence-electron chi connectivity index (χ2n) is 8.25. The number of pyridine rings is 1. The molecule has 1 aromatic heterocycles. The number of likely N-dealkylation sites (tertiary alicyclic amines) is 1. The van der Waals surface area contributed by atoms with E-state index < -0.39 is 10.0 Å². The normalized spacial score (nSPS) is 25.5. The third-order valence-electron chi connectivity index (χ3n) is 6.24. The molecule has 4 rings (SSSR count). The maximum absolute atomic E-state index is 12.6. The van der Waals surface area contributed by atoms with Gasteiger partial charge in [0.05, 0.1) is 23.4 Å². The number of piperidine rings is 2. The molecule has 3 fully saturated rings. The maximum atomic E-state index is 12.6. The summed E-state index contributed by atoms with van der Waals surface area (Å²) in [6.07, 6.45) is 7.05. The van der Waals surface area contributed by atoms with Gasteiger partial charge in [-0.1, -0.05) is 6.07 Å². The summed E-state index contributed by atoms with van der Waals surface area (Å²) >= 11 is 0. The fraction of sp³-hybridized carbons (Fsp3) is 0.700. The van der Waals surface area contributed by atoms with E-state index in [2.05, 4.69) is 15.2 Å². The van der Waals surface area contributed by atoms with Crippen molar-refractivity contribution in [1.29, 1.82) is 0 Å². The van der Waals surface area contributed by atoms with E-state index >= 15 is 0 Å². The van der Waals surface area contributed by atoms with Crippen LogP contribution in [0, 0.1) is 5.92 Å². The number of hydrogen-bond acceptors (Lipinski definition) is 5. The molecular formula is C20H30N4O3S. The topological polar surface area (TPSA) is 82.6 Å². The third-order valence-corrected chi connectivity index (χ3v) is 8.64. The number of hydrogen-bond donors (Lipinski definition) is 1. The third kappa shape index (κ3) is 4.55. The van der Waals surface area contributed by atoms with Crippen molar-refractivity contribution in [3.63, 3.8) is 0 Å². The molecule has 154 valence electrons. The van der Waals surface area contributed by atoms with Gasteiger partial charge in [-0.2, -0.15) is 0 Å². The van der Waals surface area contributed by atoms with Gasteiger partial charge in [0.25, 0.3) is 0 Å². The van der Waals surface area contributed by atoms with Crippen molar-refractivity contribution in [3.05, 3.63) is 30.1 Å². The van der Waals surface area contributed by atoms with E-state index in [-0.39, 0.29) is 17.1 Å². The Kier molecular flexibility index (Phi) is 5.99. The van der Waals surface area contributed by atoms with Crippen molar-refractivity contribution in [2.24, 2.45) is 5.92 Å². The van der Waals surface area contributed by atoms with E-state index in [1.807, 2.05) is 18.2 Å². The molecule has 1 aromatic rings. The van der Waals surface area contributed by atoms with Crippen LogP contribution in [0.3, 0.4) is 0 Å². The van der Waals surface area contributed by atoms with E-state index in [9.17, 15) is 13.2 Å². The largest absolute Gasteiger partial charge is 0.350 e. The van der Waals surface area contributed by atoms with Gasteiger partial charge in [-0.15, -0.1) is 0 Å². The Hall–Kier alpha value is -1.51. The molecule has 7 nitrogen and oxygen atoms in total. The van der Waals surface area contributed by atoms with Crippen LogP contribution in [-0.2, 0) is 21.4 Å². The second-order valence-corrected chi connectivity index (χ2v) is 10.5. The first-order valence-corrected chi connectivity index (χ1v) is 11.9. The highest BCUT2D eigenvalue weighted by Crippen LogP contribution is 2.33. The number of amides is 1. The predicted octanol–water partition coefficient (Wildman–Crippen LogP) is 1.37. The van der Waals surface area contributed by atoms with Crippen LogP contribution < -0.4 is 5.32 Å². The number of carbonyl (C=O) groups is 1. The molecule has 1 unspecified atom stereocenters. The molecule has 1 N–H and O–H groups in total. The fourth-order valence-electron chi connectivity index (χ4n) is 4.42. The monoisotopic (exact) mass is 406 g/mol. The average molecular weight is 407 g/mol. The molecule has 2 aliphatic heterocycles. The molecule has 1 amide bonds. The summed E-state index contributed by atoms with van der Waals surface area (Å²) < 4.78 is 26.5. The van der Waals surface area contributed by atoms with Crippen LogP contribution in [0.5, 0.6) is 0 Å². The summed E-state index contributed by atoms with van der Waals surface area (Å²) in [7, 11) is -3.06. The van der Waals surface area contributed by atoms with Gasteiger partial charge in [0.2, 0.25) is 15.9 Å². The Bertz CT molecular complexity index is 774. The minimum Gasteiger partial charge on any atom is -0.350 e. The van der Waals surface area contributed by atoms with Gasteiger partial charge < -0.3 is 5.32 Å². The number of nitrogens with zero attached hydrogens (tertiary/aromatic N) is 3. The molecule has 0 aromatic carbocycles. The fourth-order valence-corrected chi connectivity index (χ4v) is 6.29. The van der Waals surface area contributed by atoms with Crippen LogP contribution in [0.25, 0.3) is 0 Å². The van der Waals surface area contributed by atoms with Gasteiger partial charge in [0.1, 0.15) is 0 Å². The summed E-state index contributed by atoms with van der Waals surface area (Å²) in [5.41, 5.74) is 0.868. The molecule has 3 aliphatic rings. The lowest BCUT2D eigenvalue weighted by Gasteiger charge is -2.41. The first-order valence-electron chi connectivity index (χ1n) is 10.4. The van der Waals surface area contributed by atoms with Crippen molar-refractivity contribution >= 4 is 15.9 Å². The van der Waals surface area contributed by atoms with Gasteiger partial charge in [-0.25, -0.2) is 12.7 Å². The van der Waals surface area contributed by atoms with Crippen LogP contribution in [0.4, 0.5) is 0 Å². The summed E-state index contributed by atoms with van der Waals surface area (Å²) in [6.45, 7) is 3.48. The quantitative estimate of drug-likeness (QED) is 0.771. The molecule has 28 heavy (non-hydrogen) atoms. The Morgan fingerprint density at radius 2 is 1.89 bits per heavy atom. The minimum atomic E-state index is -3.06. The Labute approximate surface area is 167 Å². The Balaban J connectivity index is 1.26. The summed E-state index contributed by atoms with van der Waals surface area (Å²) in [4.78, 5) is 19.3. The lowest BCUT2D eigenvalue weighted by molar-refractivity contribution is -0.127. The lowest BCUT2D eigenvalue weighted by atomic mass is 9.93. The van der Waals surface area contributed by atoms with Crippen LogP contribution in [0.1, 0.15) is 44.2 Å². The second kappa shape index (κ2) is 8.47. The molecule has 0 spiro atoms. The highest BCUT2D eigenvalue weighted by molar-refractivity contribution is 7.90. The number of rotatable bonds is 6. The molecular weight excluding hydrogens is 376 g/mol. The Morgan fingerprint density at radius 1 is 1.11 bits per heavy atom. The van der Waals surface area contributed by atoms with Crippen LogP contribution >= 0.6 is 0 Å². The van der Waals surface area contributed by atoms with E-state index in [0.717, 1.165) is 57.3 Å². The highest BCUT2D eigenvalue weighted by Gasteiger charge is 2.42. The average Bonchev–Trinajstić information content (AvgIpc) is 3.59. The molecule has 3 heterocycles. The molecule has 1 aliphatic carbocycles. The standard InChI is InChI=1S/C20H30N4O3S/c25-20(22-14-17-5-1-2-10-21-17)16-4-3-11-23(15-16)18-8-12-24(13-9-18)28(26,27)19-6-7-19/h1-2,5,10,16,18-19H,3-4,6-9,11-15H2,(H,22,25). The van der Waals surface area contributed by atoms with Gasteiger partial charge in [0, 0.05) is 31.9 Å². The Morgan fingerprint density at radius 3 is 2.57 bits per heavy atom. The maximum Gasteiger partial charge on any atom is 0.224 e. The molecule has 0 radical (unpaired) electrons. The van der Waals surface area contributed by atoms with Gasteiger partial charge >= 0.3 is 0 Å². The van der Waals surface area contributed by atoms with Crippen molar-refractivity contribution in [2.75, 3.05) is 26.2 Å². The molecule has 0 bridgehead atoms. The first kappa shape index (κ1) is 19.8. The lowest BCUT2D eigenvalue weighted by Crippen LogP contribution is -2.51. The number of nitrogens with one attached hydrogen (secondary N) is 1. The van der Waals surface area contributed by atoms with Crippen molar-refractivity contribution in [1.82, 2.24) is 19.5 Å². The highest BCUT2D eigenvalue weighted by atomic mass is 32.2. The zero-order chi connectivity index (χ0) is 19.6. The zero-order valence-corrected chi connectivity index (χ0v) is 17.1. The molecule has 1 saturated carbocycles. The number of sulfonamides is 1. The van der Waals surface area contributed by atoms with Crippen molar-refractivity contribution in [3.8, 4) is 0 Å². The smallest absolute Gasteiger partial charge is 0.224 e. The SMILES string of the molecule is O=C(NCc1ccccn1)C1CCCN(C2CCN(S(=O)(=O)C3CC3)CC2)C1. The van der Waals surface area contributed by atoms with Crippen molar-refractivity contribution in [2.45, 2.75) is 56.4 Å². The van der Waals surface area contributed by atoms with Crippen LogP contribution in [0.2, 0.25) is 0 Å². The minimum absolute atomic E-state index is 0.00527. The van der Waals surface area contributed by atoms with Crippen LogP contribution in [0.15, 0.2) is 24.4 Å². The predicted molar refractivity (Wildman–Crippen MR) is 107 cm³/mol. The van der Waals surface area contributed by atoms with Gasteiger partial charge in [-0.05, 0) is 57.2 Å². The van der Waals surface area contributed by atoms with E-state index in [4.69, 9.17) is 0 Å². The summed E-state index contributed by atoms with van der Waals surface area (Å²) in [5.74, 6) is 0.106. The zero-order valence-electron chi connectivity index (χ0n) is 16.3. The molecule has 8 heteroatoms. The van der Waals surface area contributed by atoms with E-state index in [0.29, 0.717) is 25.7 Å². The van der Waals surface area contributed by atoms with Gasteiger partial charge in [0.15, 0.2) is 0 Å². The van der Waals surface area contributed by atoms with E-state index in [1.165, 1.54) is 0 Å². The summed E-state index contributed by atoms with van der Waals surface area (Å²) in [5, 5.41) is 2.90. The van der Waals surface area contributed by atoms with E-state index in [1.54, 1.807) is 10.5 Å². The number of aromatic nitrogens is 1. The first-order chi connectivity index (χ1) is 13.5. The van der Waals surface area contributed by atoms with Crippen molar-refractivity contribution < 1.29 is 13.2 Å². The number of carbonyl (C=O) groups excluding carboxylic acids is 1.